The molecule has 0 atom stereocenters. The Labute approximate surface area is 122 Å². The Morgan fingerprint density at radius 2 is 1.63 bits per heavy atom. The van der Waals surface area contributed by atoms with E-state index in [0.29, 0.717) is 0 Å². The average Bonchev–Trinajstić information content (AvgIpc) is 2.98. The van der Waals surface area contributed by atoms with E-state index in [1.165, 1.54) is 9.11 Å². The van der Waals surface area contributed by atoms with E-state index < -0.39 is 20.9 Å². The minimum atomic E-state index is -0.572. The molecule has 1 radical (unpaired) electrons. The maximum atomic E-state index is 5.89. The van der Waals surface area contributed by atoms with Gasteiger partial charge in [0, 0.05) is 0 Å². The predicted molar refractivity (Wildman–Crippen MR) is 78.4 cm³/mol. The van der Waals surface area contributed by atoms with Gasteiger partial charge in [-0.3, -0.25) is 0 Å². The van der Waals surface area contributed by atoms with E-state index >= 15 is 0 Å². The summed E-state index contributed by atoms with van der Waals surface area (Å²) in [5.41, 5.74) is 2.38. The summed E-state index contributed by atoms with van der Waals surface area (Å²) in [6.07, 6.45) is 2.17. The maximum absolute atomic E-state index is 5.89. The molecule has 0 spiro atoms. The molecule has 1 aliphatic rings. The third-order valence-electron chi connectivity index (χ3n) is 2.92. The summed E-state index contributed by atoms with van der Waals surface area (Å²) in [7, 11) is 1.67. The van der Waals surface area contributed by atoms with Crippen LogP contribution in [0, 0.1) is 0 Å². The Hall–Kier alpha value is -1.56. The third kappa shape index (κ3) is 2.73. The Bertz CT molecular complexity index is 628. The molecule has 2 aromatic rings. The second kappa shape index (κ2) is 5.61. The molecule has 0 bridgehead atoms. The molecule has 19 heavy (non-hydrogen) atoms. The zero-order chi connectivity index (χ0) is 13.1. The van der Waals surface area contributed by atoms with E-state index in [1.807, 2.05) is 30.3 Å². The van der Waals surface area contributed by atoms with Gasteiger partial charge in [-0.05, 0) is 0 Å². The van der Waals surface area contributed by atoms with Crippen molar-refractivity contribution in [1.82, 2.24) is 0 Å². The van der Waals surface area contributed by atoms with E-state index in [1.54, 1.807) is 7.11 Å². The number of hydrogen-bond acceptors (Lipinski definition) is 2. The molecule has 0 fully saturated rings. The number of benzene rings is 2. The van der Waals surface area contributed by atoms with Gasteiger partial charge in [0.25, 0.3) is 0 Å². The van der Waals surface area contributed by atoms with Crippen LogP contribution in [-0.2, 0) is 3.10 Å². The normalized spacial score (nSPS) is 13.5. The van der Waals surface area contributed by atoms with Crippen LogP contribution >= 0.6 is 0 Å². The molecular weight excluding hydrogens is 352 g/mol. The quantitative estimate of drug-likeness (QED) is 0.780. The van der Waals surface area contributed by atoms with Crippen molar-refractivity contribution in [2.45, 2.75) is 0 Å². The summed E-state index contributed by atoms with van der Waals surface area (Å²) in [6, 6.07) is 18.4. The van der Waals surface area contributed by atoms with Crippen molar-refractivity contribution >= 4 is 30.2 Å². The Morgan fingerprint density at radius 1 is 0.895 bits per heavy atom. The summed E-state index contributed by atoms with van der Waals surface area (Å²) < 4.78 is 12.4. The molecule has 0 saturated heterocycles. The first-order chi connectivity index (χ1) is 9.36. The van der Waals surface area contributed by atoms with Crippen LogP contribution in [-0.4, -0.2) is 31.5 Å². The van der Waals surface area contributed by atoms with Gasteiger partial charge in [0.05, 0.1) is 0 Å². The summed E-state index contributed by atoms with van der Waals surface area (Å²) in [6.45, 7) is 0. The van der Waals surface area contributed by atoms with Crippen LogP contribution in [0.15, 0.2) is 60.7 Å². The second-order valence-corrected chi connectivity index (χ2v) is 6.34. The molecule has 3 rings (SSSR count). The van der Waals surface area contributed by atoms with Crippen molar-refractivity contribution in [3.63, 3.8) is 0 Å². The molecule has 0 N–H and O–H groups in total. The molecule has 0 saturated carbocycles. The summed E-state index contributed by atoms with van der Waals surface area (Å²) >= 11 is -0.572. The van der Waals surface area contributed by atoms with Crippen LogP contribution in [0.2, 0.25) is 0 Å². The fraction of sp³-hybridized carbons (Fsp3) is 0.0625. The van der Waals surface area contributed by atoms with E-state index in [-0.39, 0.29) is 0 Å². The van der Waals surface area contributed by atoms with Crippen LogP contribution < -0.4 is 4.74 Å². The van der Waals surface area contributed by atoms with Gasteiger partial charge in [0.2, 0.25) is 0 Å². The molecule has 2 nitrogen and oxygen atoms in total. The molecule has 1 heterocycles. The van der Waals surface area contributed by atoms with E-state index in [9.17, 15) is 0 Å². The standard InChI is InChI=1S/C16H13O2Te/c1-17-14-9-7-12(8-10-14)15-11-16(19-18-15)13-5-3-2-4-6-13/h2-11H,1H3. The van der Waals surface area contributed by atoms with Gasteiger partial charge in [-0.15, -0.1) is 0 Å². The first-order valence-corrected chi connectivity index (χ1v) is 8.11. The molecule has 0 unspecified atom stereocenters. The Kier molecular flexibility index (Phi) is 3.68. The van der Waals surface area contributed by atoms with Crippen molar-refractivity contribution in [2.75, 3.05) is 7.11 Å². The van der Waals surface area contributed by atoms with Crippen LogP contribution in [0.5, 0.6) is 5.75 Å². The molecule has 95 valence electrons. The van der Waals surface area contributed by atoms with Crippen molar-refractivity contribution in [3.05, 3.63) is 71.8 Å². The fourth-order valence-corrected chi connectivity index (χ4v) is 3.91. The van der Waals surface area contributed by atoms with Crippen LogP contribution in [0.3, 0.4) is 0 Å². The Morgan fingerprint density at radius 3 is 2.32 bits per heavy atom. The number of methoxy groups -OCH3 is 1. The van der Waals surface area contributed by atoms with Gasteiger partial charge in [-0.2, -0.15) is 0 Å². The van der Waals surface area contributed by atoms with Gasteiger partial charge in [-0.1, -0.05) is 0 Å². The number of hydrogen-bond donors (Lipinski definition) is 0. The SMILES string of the molecule is COc1ccc(C2=CC(c3ccccc3)=[Te]O2)cc1. The fourth-order valence-electron chi connectivity index (χ4n) is 1.88. The van der Waals surface area contributed by atoms with E-state index in [2.05, 4.69) is 30.3 Å². The number of allylic oxidation sites excluding steroid dienone is 1. The molecule has 3 heteroatoms. The van der Waals surface area contributed by atoms with E-state index in [0.717, 1.165) is 17.1 Å². The summed E-state index contributed by atoms with van der Waals surface area (Å²) in [4.78, 5) is 0. The molecule has 0 aliphatic carbocycles. The minimum absolute atomic E-state index is 0.572. The van der Waals surface area contributed by atoms with Crippen molar-refractivity contribution in [2.24, 2.45) is 0 Å². The molecule has 1 aliphatic heterocycles. The number of rotatable bonds is 3. The van der Waals surface area contributed by atoms with Crippen molar-refractivity contribution < 1.29 is 7.84 Å². The topological polar surface area (TPSA) is 18.5 Å². The predicted octanol–water partition coefficient (Wildman–Crippen LogP) is 2.91. The van der Waals surface area contributed by atoms with Gasteiger partial charge >= 0.3 is 123 Å². The van der Waals surface area contributed by atoms with Crippen molar-refractivity contribution in [3.8, 4) is 5.75 Å². The Balaban J connectivity index is 1.85. The first kappa shape index (κ1) is 12.5. The molecule has 0 aromatic heterocycles. The summed E-state index contributed by atoms with van der Waals surface area (Å²) in [5.74, 6) is 1.84. The van der Waals surface area contributed by atoms with Gasteiger partial charge in [-0.25, -0.2) is 0 Å². The molecule has 2 aromatic carbocycles. The second-order valence-electron chi connectivity index (χ2n) is 4.13. The molecular formula is C16H13O2Te. The van der Waals surface area contributed by atoms with Gasteiger partial charge in [0.1, 0.15) is 0 Å². The third-order valence-corrected chi connectivity index (χ3v) is 5.19. The summed E-state index contributed by atoms with van der Waals surface area (Å²) in [5, 5.41) is 0. The zero-order valence-corrected chi connectivity index (χ0v) is 12.8. The van der Waals surface area contributed by atoms with Gasteiger partial charge < -0.3 is 0 Å². The average molecular weight is 365 g/mol. The van der Waals surface area contributed by atoms with Crippen LogP contribution in [0.1, 0.15) is 11.1 Å². The molecule has 0 amide bonds. The van der Waals surface area contributed by atoms with Crippen LogP contribution in [0.4, 0.5) is 0 Å². The van der Waals surface area contributed by atoms with Gasteiger partial charge in [0.15, 0.2) is 0 Å². The van der Waals surface area contributed by atoms with E-state index in [4.69, 9.17) is 7.84 Å². The zero-order valence-electron chi connectivity index (χ0n) is 10.5. The van der Waals surface area contributed by atoms with Crippen LogP contribution in [0.25, 0.3) is 5.76 Å². The first-order valence-electron chi connectivity index (χ1n) is 6.00. The number of ether oxygens (including phenoxy) is 1. The monoisotopic (exact) mass is 367 g/mol. The van der Waals surface area contributed by atoms with Crippen molar-refractivity contribution in [1.29, 1.82) is 0 Å².